The minimum atomic E-state index is -0.447. The summed E-state index contributed by atoms with van der Waals surface area (Å²) in [6, 6.07) is 0.561. The van der Waals surface area contributed by atoms with Gasteiger partial charge in [0, 0.05) is 44.0 Å². The maximum absolute atomic E-state index is 12.3. The minimum Gasteiger partial charge on any atom is -0.444 e. The van der Waals surface area contributed by atoms with Gasteiger partial charge < -0.3 is 15.0 Å². The molecular weight excluding hydrogens is 292 g/mol. The van der Waals surface area contributed by atoms with E-state index in [-0.39, 0.29) is 12.1 Å². The molecule has 1 aliphatic rings. The van der Waals surface area contributed by atoms with E-state index in [1.807, 2.05) is 50.5 Å². The lowest BCUT2D eigenvalue weighted by molar-refractivity contribution is 0.0235. The van der Waals surface area contributed by atoms with Gasteiger partial charge in [0.2, 0.25) is 0 Å². The number of ether oxygens (including phenoxy) is 1. The summed E-state index contributed by atoms with van der Waals surface area (Å²) in [4.78, 5) is 14.2. The number of nitrogens with zero attached hydrogens (tertiary/aromatic N) is 3. The minimum absolute atomic E-state index is 0.202. The van der Waals surface area contributed by atoms with Crippen LogP contribution < -0.4 is 5.32 Å². The number of nitrogens with one attached hydrogen (secondary N) is 1. The van der Waals surface area contributed by atoms with Gasteiger partial charge in [-0.1, -0.05) is 0 Å². The molecule has 2 rings (SSSR count). The van der Waals surface area contributed by atoms with Crippen LogP contribution in [0.3, 0.4) is 0 Å². The van der Waals surface area contributed by atoms with Crippen LogP contribution in [0, 0.1) is 6.92 Å². The molecule has 23 heavy (non-hydrogen) atoms. The highest BCUT2D eigenvalue weighted by Gasteiger charge is 2.34. The number of rotatable bonds is 6. The van der Waals surface area contributed by atoms with E-state index in [1.54, 1.807) is 0 Å². The van der Waals surface area contributed by atoms with Crippen molar-refractivity contribution in [1.82, 2.24) is 20.0 Å². The Balaban J connectivity index is 1.85. The van der Waals surface area contributed by atoms with Gasteiger partial charge in [-0.3, -0.25) is 4.68 Å². The molecule has 0 bridgehead atoms. The van der Waals surface area contributed by atoms with Crippen molar-refractivity contribution in [2.45, 2.75) is 65.1 Å². The molecule has 1 saturated carbocycles. The van der Waals surface area contributed by atoms with E-state index >= 15 is 0 Å². The van der Waals surface area contributed by atoms with Gasteiger partial charge in [-0.15, -0.1) is 0 Å². The Morgan fingerprint density at radius 2 is 2.17 bits per heavy atom. The molecule has 1 aromatic heterocycles. The Labute approximate surface area is 139 Å². The van der Waals surface area contributed by atoms with Crippen LogP contribution in [0.15, 0.2) is 6.20 Å². The first-order valence-electron chi connectivity index (χ1n) is 8.40. The van der Waals surface area contributed by atoms with Gasteiger partial charge in [0.1, 0.15) is 5.60 Å². The third kappa shape index (κ3) is 5.23. The summed E-state index contributed by atoms with van der Waals surface area (Å²) in [7, 11) is 1.93. The van der Waals surface area contributed by atoms with Crippen LogP contribution in [0.5, 0.6) is 0 Å². The summed E-state index contributed by atoms with van der Waals surface area (Å²) < 4.78 is 7.35. The van der Waals surface area contributed by atoms with Crippen LogP contribution in [-0.4, -0.2) is 45.5 Å². The summed E-state index contributed by atoms with van der Waals surface area (Å²) in [6.07, 6.45) is 4.00. The molecule has 0 saturated heterocycles. The molecule has 0 aromatic carbocycles. The summed E-state index contributed by atoms with van der Waals surface area (Å²) in [5.74, 6) is 0. The Morgan fingerprint density at radius 1 is 1.52 bits per heavy atom. The van der Waals surface area contributed by atoms with Crippen LogP contribution >= 0.6 is 0 Å². The third-order valence-corrected chi connectivity index (χ3v) is 3.94. The summed E-state index contributed by atoms with van der Waals surface area (Å²) in [5.41, 5.74) is 1.79. The molecule has 1 heterocycles. The molecule has 1 aromatic rings. The molecule has 6 heteroatoms. The van der Waals surface area contributed by atoms with E-state index < -0.39 is 5.60 Å². The van der Waals surface area contributed by atoms with Crippen molar-refractivity contribution >= 4 is 6.09 Å². The predicted octanol–water partition coefficient (Wildman–Crippen LogP) is 2.78. The fraction of sp³-hybridized carbons (Fsp3) is 0.765. The monoisotopic (exact) mass is 322 g/mol. The van der Waals surface area contributed by atoms with E-state index in [2.05, 4.69) is 17.3 Å². The fourth-order valence-electron chi connectivity index (χ4n) is 2.68. The average Bonchev–Trinajstić information content (AvgIpc) is 3.17. The van der Waals surface area contributed by atoms with Crippen LogP contribution in [-0.2, 0) is 11.8 Å². The first kappa shape index (κ1) is 17.8. The molecule has 130 valence electrons. The van der Waals surface area contributed by atoms with E-state index in [4.69, 9.17) is 4.74 Å². The quantitative estimate of drug-likeness (QED) is 0.875. The number of hydrogen-bond acceptors (Lipinski definition) is 4. The summed E-state index contributed by atoms with van der Waals surface area (Å²) >= 11 is 0. The van der Waals surface area contributed by atoms with Gasteiger partial charge in [-0.05, 0) is 47.5 Å². The standard InChI is InChI=1S/C17H30N4O2/c1-12(15-11-20(6)19-13(15)2)18-9-10-21(14-7-8-14)16(22)23-17(3,4)5/h11-12,14,18H,7-10H2,1-6H3. The molecule has 1 aliphatic carbocycles. The highest BCUT2D eigenvalue weighted by atomic mass is 16.6. The molecule has 1 atom stereocenters. The second-order valence-corrected chi connectivity index (χ2v) is 7.42. The average molecular weight is 322 g/mol. The zero-order valence-corrected chi connectivity index (χ0v) is 15.2. The lowest BCUT2D eigenvalue weighted by Gasteiger charge is -2.28. The zero-order valence-electron chi connectivity index (χ0n) is 15.2. The van der Waals surface area contributed by atoms with Gasteiger partial charge in [0.15, 0.2) is 0 Å². The topological polar surface area (TPSA) is 59.4 Å². The Hall–Kier alpha value is -1.56. The van der Waals surface area contributed by atoms with Crippen molar-refractivity contribution in [3.8, 4) is 0 Å². The predicted molar refractivity (Wildman–Crippen MR) is 90.3 cm³/mol. The molecule has 1 N–H and O–H groups in total. The van der Waals surface area contributed by atoms with Gasteiger partial charge in [0.05, 0.1) is 5.69 Å². The third-order valence-electron chi connectivity index (χ3n) is 3.94. The molecule has 6 nitrogen and oxygen atoms in total. The van der Waals surface area contributed by atoms with Crippen molar-refractivity contribution in [2.75, 3.05) is 13.1 Å². The van der Waals surface area contributed by atoms with Crippen LogP contribution in [0.4, 0.5) is 4.79 Å². The fourth-order valence-corrected chi connectivity index (χ4v) is 2.68. The van der Waals surface area contributed by atoms with E-state index in [9.17, 15) is 4.79 Å². The van der Waals surface area contributed by atoms with Crippen LogP contribution in [0.25, 0.3) is 0 Å². The Kier molecular flexibility index (Phi) is 5.34. The van der Waals surface area contributed by atoms with Gasteiger partial charge >= 0.3 is 6.09 Å². The molecule has 1 fully saturated rings. The summed E-state index contributed by atoms with van der Waals surface area (Å²) in [6.45, 7) is 11.3. The van der Waals surface area contributed by atoms with E-state index in [0.29, 0.717) is 12.6 Å². The second-order valence-electron chi connectivity index (χ2n) is 7.42. The van der Waals surface area contributed by atoms with E-state index in [1.165, 1.54) is 5.56 Å². The first-order chi connectivity index (χ1) is 10.7. The number of aryl methyl sites for hydroxylation is 2. The van der Waals surface area contributed by atoms with Gasteiger partial charge in [0.25, 0.3) is 0 Å². The number of carbonyl (C=O) groups is 1. The van der Waals surface area contributed by atoms with Crippen molar-refractivity contribution in [1.29, 1.82) is 0 Å². The van der Waals surface area contributed by atoms with Crippen molar-refractivity contribution in [2.24, 2.45) is 7.05 Å². The van der Waals surface area contributed by atoms with Crippen molar-refractivity contribution < 1.29 is 9.53 Å². The van der Waals surface area contributed by atoms with Crippen LogP contribution in [0.2, 0.25) is 0 Å². The maximum Gasteiger partial charge on any atom is 0.410 e. The molecule has 0 aliphatic heterocycles. The molecule has 1 unspecified atom stereocenters. The highest BCUT2D eigenvalue weighted by Crippen LogP contribution is 2.28. The maximum atomic E-state index is 12.3. The number of hydrogen-bond donors (Lipinski definition) is 1. The molecular formula is C17H30N4O2. The van der Waals surface area contributed by atoms with Gasteiger partial charge in [-0.25, -0.2) is 4.79 Å². The smallest absolute Gasteiger partial charge is 0.410 e. The first-order valence-corrected chi connectivity index (χ1v) is 8.40. The van der Waals surface area contributed by atoms with Crippen molar-refractivity contribution in [3.05, 3.63) is 17.5 Å². The number of carbonyl (C=O) groups excluding carboxylic acids is 1. The van der Waals surface area contributed by atoms with Crippen molar-refractivity contribution in [3.63, 3.8) is 0 Å². The Bertz CT molecular complexity index is 543. The number of aromatic nitrogens is 2. The molecule has 0 radical (unpaired) electrons. The van der Waals surface area contributed by atoms with Gasteiger partial charge in [-0.2, -0.15) is 5.10 Å². The normalized spacial score (nSPS) is 16.3. The lowest BCUT2D eigenvalue weighted by atomic mass is 10.1. The molecule has 0 spiro atoms. The lowest BCUT2D eigenvalue weighted by Crippen LogP contribution is -2.42. The molecule has 1 amide bonds. The summed E-state index contributed by atoms with van der Waals surface area (Å²) in [5, 5.41) is 7.86. The zero-order chi connectivity index (χ0) is 17.2. The number of amides is 1. The van der Waals surface area contributed by atoms with E-state index in [0.717, 1.165) is 25.1 Å². The Morgan fingerprint density at radius 3 is 2.65 bits per heavy atom. The second kappa shape index (κ2) is 6.91. The highest BCUT2D eigenvalue weighted by molar-refractivity contribution is 5.69. The largest absolute Gasteiger partial charge is 0.444 e. The SMILES string of the molecule is Cc1nn(C)cc1C(C)NCCN(C(=O)OC(C)(C)C)C1CC1. The van der Waals surface area contributed by atoms with Crippen LogP contribution in [0.1, 0.15) is 57.8 Å².